The molecule has 0 unspecified atom stereocenters. The van der Waals surface area contributed by atoms with Crippen LogP contribution in [0.15, 0.2) is 33.6 Å². The van der Waals surface area contributed by atoms with E-state index < -0.39 is 0 Å². The van der Waals surface area contributed by atoms with Crippen LogP contribution in [0, 0.1) is 3.57 Å². The monoisotopic (exact) mass is 350 g/mol. The fourth-order valence-electron chi connectivity index (χ4n) is 0.933. The second-order valence-electron chi connectivity index (χ2n) is 2.38. The summed E-state index contributed by atoms with van der Waals surface area (Å²) in [7, 11) is 0. The van der Waals surface area contributed by atoms with Gasteiger partial charge in [-0.1, -0.05) is 5.16 Å². The van der Waals surface area contributed by atoms with Crippen LogP contribution >= 0.6 is 38.5 Å². The molecular weight excluding hydrogens is 347 g/mol. The molecule has 0 bridgehead atoms. The molecule has 13 heavy (non-hydrogen) atoms. The first-order chi connectivity index (χ1) is 6.27. The minimum Gasteiger partial charge on any atom is -0.342 e. The quantitative estimate of drug-likeness (QED) is 0.742. The van der Waals surface area contributed by atoms with Crippen LogP contribution in [0.3, 0.4) is 0 Å². The predicted octanol–water partition coefficient (Wildman–Crippen LogP) is 3.10. The molecule has 0 atom stereocenters. The first kappa shape index (κ1) is 9.14. The molecule has 0 saturated carbocycles. The van der Waals surface area contributed by atoms with Gasteiger partial charge in [0.25, 0.3) is 0 Å². The Kier molecular flexibility index (Phi) is 2.63. The van der Waals surface area contributed by atoms with E-state index in [0.29, 0.717) is 5.82 Å². The van der Waals surface area contributed by atoms with Gasteiger partial charge in [0, 0.05) is 13.6 Å². The summed E-state index contributed by atoms with van der Waals surface area (Å²) in [6.07, 6.45) is 1.32. The Morgan fingerprint density at radius 2 is 2.23 bits per heavy atom. The summed E-state index contributed by atoms with van der Waals surface area (Å²) in [5.41, 5.74) is 0.945. The van der Waals surface area contributed by atoms with Gasteiger partial charge in [0.1, 0.15) is 0 Å². The van der Waals surface area contributed by atoms with Crippen molar-refractivity contribution in [2.24, 2.45) is 0 Å². The zero-order chi connectivity index (χ0) is 9.26. The molecule has 0 amide bonds. The molecule has 3 nitrogen and oxygen atoms in total. The number of hydrogen-bond donors (Lipinski definition) is 0. The van der Waals surface area contributed by atoms with E-state index >= 15 is 0 Å². The summed E-state index contributed by atoms with van der Waals surface area (Å²) in [5.74, 6) is 0.608. The lowest BCUT2D eigenvalue weighted by Crippen LogP contribution is -1.81. The van der Waals surface area contributed by atoms with Crippen LogP contribution in [-0.2, 0) is 0 Å². The van der Waals surface area contributed by atoms with Crippen LogP contribution in [0.2, 0.25) is 0 Å². The zero-order valence-electron chi connectivity index (χ0n) is 6.37. The van der Waals surface area contributed by atoms with Gasteiger partial charge in [-0.15, -0.1) is 0 Å². The average molecular weight is 351 g/mol. The second-order valence-corrected chi connectivity index (χ2v) is 4.40. The van der Waals surface area contributed by atoms with Gasteiger partial charge < -0.3 is 4.52 Å². The van der Waals surface area contributed by atoms with Gasteiger partial charge in [-0.2, -0.15) is 4.98 Å². The van der Waals surface area contributed by atoms with Crippen molar-refractivity contribution in [3.05, 3.63) is 32.6 Å². The van der Waals surface area contributed by atoms with E-state index in [4.69, 9.17) is 0 Å². The van der Waals surface area contributed by atoms with Gasteiger partial charge in [0.05, 0.1) is 0 Å². The van der Waals surface area contributed by atoms with Crippen molar-refractivity contribution in [2.45, 2.75) is 0 Å². The number of halogens is 2. The minimum atomic E-state index is 0.608. The maximum Gasteiger partial charge on any atom is 0.214 e. The Hall–Kier alpha value is -0.430. The van der Waals surface area contributed by atoms with Crippen LogP contribution in [0.5, 0.6) is 0 Å². The van der Waals surface area contributed by atoms with Crippen molar-refractivity contribution in [3.8, 4) is 11.4 Å². The van der Waals surface area contributed by atoms with Crippen LogP contribution in [-0.4, -0.2) is 10.1 Å². The Balaban J connectivity index is 2.49. The molecule has 0 fully saturated rings. The Morgan fingerprint density at radius 3 is 2.85 bits per heavy atom. The second kappa shape index (κ2) is 3.75. The SMILES string of the molecule is Brc1cc(-c2ncon2)ccc1I. The molecule has 2 aromatic rings. The number of hydrogen-bond acceptors (Lipinski definition) is 3. The van der Waals surface area contributed by atoms with Crippen LogP contribution in [0.1, 0.15) is 0 Å². The van der Waals surface area contributed by atoms with E-state index in [1.54, 1.807) is 0 Å². The molecule has 2 rings (SSSR count). The van der Waals surface area contributed by atoms with E-state index in [1.165, 1.54) is 6.39 Å². The average Bonchev–Trinajstić information content (AvgIpc) is 2.62. The maximum atomic E-state index is 4.66. The lowest BCUT2D eigenvalue weighted by molar-refractivity contribution is 0.419. The van der Waals surface area contributed by atoms with Gasteiger partial charge in [-0.3, -0.25) is 0 Å². The van der Waals surface area contributed by atoms with E-state index in [1.807, 2.05) is 18.2 Å². The lowest BCUT2D eigenvalue weighted by Gasteiger charge is -1.97. The number of nitrogens with zero attached hydrogens (tertiary/aromatic N) is 2. The third-order valence-electron chi connectivity index (χ3n) is 1.54. The molecular formula is C8H4BrIN2O. The van der Waals surface area contributed by atoms with Crippen LogP contribution < -0.4 is 0 Å². The van der Waals surface area contributed by atoms with Gasteiger partial charge in [0.2, 0.25) is 12.2 Å². The predicted molar refractivity (Wildman–Crippen MR) is 60.2 cm³/mol. The number of rotatable bonds is 1. The highest BCUT2D eigenvalue weighted by Gasteiger charge is 2.04. The largest absolute Gasteiger partial charge is 0.342 e. The number of benzene rings is 1. The molecule has 1 aromatic carbocycles. The summed E-state index contributed by atoms with van der Waals surface area (Å²) in [5, 5.41) is 3.75. The highest BCUT2D eigenvalue weighted by Crippen LogP contribution is 2.24. The topological polar surface area (TPSA) is 38.9 Å². The van der Waals surface area contributed by atoms with Crippen molar-refractivity contribution in [2.75, 3.05) is 0 Å². The Labute approximate surface area is 96.8 Å². The third-order valence-corrected chi connectivity index (χ3v) is 3.88. The van der Waals surface area contributed by atoms with Crippen molar-refractivity contribution >= 4 is 38.5 Å². The molecule has 0 spiro atoms. The molecule has 0 N–H and O–H groups in total. The van der Waals surface area contributed by atoms with Crippen LogP contribution in [0.25, 0.3) is 11.4 Å². The van der Waals surface area contributed by atoms with Gasteiger partial charge >= 0.3 is 0 Å². The summed E-state index contributed by atoms with van der Waals surface area (Å²) >= 11 is 5.69. The summed E-state index contributed by atoms with van der Waals surface area (Å²) in [6, 6.07) is 5.92. The molecule has 5 heteroatoms. The molecule has 66 valence electrons. The Bertz CT molecular complexity index is 416. The lowest BCUT2D eigenvalue weighted by atomic mass is 10.2. The first-order valence-electron chi connectivity index (χ1n) is 3.49. The van der Waals surface area contributed by atoms with E-state index in [-0.39, 0.29) is 0 Å². The fourth-order valence-corrected chi connectivity index (χ4v) is 1.65. The van der Waals surface area contributed by atoms with Gasteiger partial charge in [-0.05, 0) is 56.7 Å². The molecule has 0 aliphatic heterocycles. The third kappa shape index (κ3) is 1.91. The molecule has 1 heterocycles. The van der Waals surface area contributed by atoms with E-state index in [2.05, 4.69) is 53.2 Å². The molecule has 0 aliphatic rings. The van der Waals surface area contributed by atoms with E-state index in [0.717, 1.165) is 13.6 Å². The maximum absolute atomic E-state index is 4.66. The smallest absolute Gasteiger partial charge is 0.214 e. The summed E-state index contributed by atoms with van der Waals surface area (Å²) in [6.45, 7) is 0. The minimum absolute atomic E-state index is 0.608. The molecule has 0 aliphatic carbocycles. The summed E-state index contributed by atoms with van der Waals surface area (Å²) in [4.78, 5) is 3.96. The van der Waals surface area contributed by atoms with Crippen molar-refractivity contribution in [3.63, 3.8) is 0 Å². The molecule has 1 aromatic heterocycles. The molecule has 0 saturated heterocycles. The normalized spacial score (nSPS) is 10.3. The Morgan fingerprint density at radius 1 is 1.38 bits per heavy atom. The van der Waals surface area contributed by atoms with Crippen LogP contribution in [0.4, 0.5) is 0 Å². The first-order valence-corrected chi connectivity index (χ1v) is 5.36. The fraction of sp³-hybridized carbons (Fsp3) is 0. The summed E-state index contributed by atoms with van der Waals surface area (Å²) < 4.78 is 6.86. The van der Waals surface area contributed by atoms with Gasteiger partial charge in [-0.25, -0.2) is 0 Å². The standard InChI is InChI=1S/C8H4BrIN2O/c9-6-3-5(1-2-7(6)10)8-11-4-13-12-8/h1-4H. The van der Waals surface area contributed by atoms with E-state index in [9.17, 15) is 0 Å². The van der Waals surface area contributed by atoms with Gasteiger partial charge in [0.15, 0.2) is 0 Å². The molecule has 0 radical (unpaired) electrons. The van der Waals surface area contributed by atoms with Crippen molar-refractivity contribution < 1.29 is 4.52 Å². The highest BCUT2D eigenvalue weighted by atomic mass is 127. The zero-order valence-corrected chi connectivity index (χ0v) is 10.1. The van der Waals surface area contributed by atoms with Crippen molar-refractivity contribution in [1.29, 1.82) is 0 Å². The highest BCUT2D eigenvalue weighted by molar-refractivity contribution is 14.1. The van der Waals surface area contributed by atoms with Crippen molar-refractivity contribution in [1.82, 2.24) is 10.1 Å². The number of aromatic nitrogens is 2.